The fourth-order valence-corrected chi connectivity index (χ4v) is 1.06. The normalized spacial score (nSPS) is 32.0. The summed E-state index contributed by atoms with van der Waals surface area (Å²) in [7, 11) is 4.11. The number of aliphatic hydroxyl groups excluding tert-OH is 1. The largest absolute Gasteiger partial charge is 0.396 e. The first-order valence-electron chi connectivity index (χ1n) is 3.03. The Labute approximate surface area is 62.3 Å². The highest BCUT2D eigenvalue weighted by atomic mass is 35.5. The van der Waals surface area contributed by atoms with Crippen molar-refractivity contribution < 1.29 is 5.11 Å². The fourth-order valence-electron chi connectivity index (χ4n) is 1.06. The molecular formula is C6H14ClNO. The molecule has 0 saturated heterocycles. The maximum Gasteiger partial charge on any atom is 0.0474 e. The van der Waals surface area contributed by atoms with Crippen LogP contribution in [0.2, 0.25) is 0 Å². The first kappa shape index (κ1) is 9.21. The number of aliphatic hydroxyl groups is 1. The minimum absolute atomic E-state index is 0. The molecule has 0 spiro atoms. The van der Waals surface area contributed by atoms with E-state index in [-0.39, 0.29) is 12.4 Å². The number of nitrogens with zero attached hydrogens (tertiary/aromatic N) is 1. The van der Waals surface area contributed by atoms with Crippen molar-refractivity contribution in [2.45, 2.75) is 12.5 Å². The maximum absolute atomic E-state index is 8.60. The Balaban J connectivity index is 0.000000640. The van der Waals surface area contributed by atoms with Crippen molar-refractivity contribution in [3.8, 4) is 0 Å². The summed E-state index contributed by atoms with van der Waals surface area (Å²) in [6.07, 6.45) is 1.18. The van der Waals surface area contributed by atoms with Gasteiger partial charge in [0.25, 0.3) is 0 Å². The number of rotatable bonds is 2. The van der Waals surface area contributed by atoms with Crippen LogP contribution in [0.25, 0.3) is 0 Å². The molecule has 0 aromatic heterocycles. The molecule has 0 aromatic carbocycles. The molecule has 2 atom stereocenters. The molecule has 2 unspecified atom stereocenters. The van der Waals surface area contributed by atoms with Gasteiger partial charge in [-0.3, -0.25) is 0 Å². The molecule has 0 aliphatic heterocycles. The lowest BCUT2D eigenvalue weighted by molar-refractivity contribution is 0.253. The average Bonchev–Trinajstić information content (AvgIpc) is 2.42. The average molecular weight is 152 g/mol. The van der Waals surface area contributed by atoms with Gasteiger partial charge in [0, 0.05) is 12.6 Å². The third kappa shape index (κ3) is 2.12. The predicted molar refractivity (Wildman–Crippen MR) is 39.9 cm³/mol. The van der Waals surface area contributed by atoms with Crippen LogP contribution >= 0.6 is 12.4 Å². The molecule has 1 rings (SSSR count). The molecule has 1 saturated carbocycles. The quantitative estimate of drug-likeness (QED) is 0.616. The van der Waals surface area contributed by atoms with E-state index in [0.717, 1.165) is 0 Å². The SMILES string of the molecule is CN(C)C1CC1CO.Cl. The van der Waals surface area contributed by atoms with Gasteiger partial charge in [0.15, 0.2) is 0 Å². The fraction of sp³-hybridized carbons (Fsp3) is 1.00. The Hall–Kier alpha value is 0.210. The second-order valence-electron chi connectivity index (χ2n) is 2.71. The van der Waals surface area contributed by atoms with Crippen molar-refractivity contribution in [1.82, 2.24) is 4.90 Å². The summed E-state index contributed by atoms with van der Waals surface area (Å²) < 4.78 is 0. The van der Waals surface area contributed by atoms with Crippen molar-refractivity contribution in [2.24, 2.45) is 5.92 Å². The van der Waals surface area contributed by atoms with E-state index in [2.05, 4.69) is 19.0 Å². The Morgan fingerprint density at radius 1 is 1.56 bits per heavy atom. The second-order valence-corrected chi connectivity index (χ2v) is 2.71. The molecule has 3 heteroatoms. The zero-order chi connectivity index (χ0) is 6.15. The molecule has 56 valence electrons. The highest BCUT2D eigenvalue weighted by molar-refractivity contribution is 5.85. The van der Waals surface area contributed by atoms with Crippen molar-refractivity contribution in [3.05, 3.63) is 0 Å². The van der Waals surface area contributed by atoms with Gasteiger partial charge in [-0.25, -0.2) is 0 Å². The van der Waals surface area contributed by atoms with Crippen molar-refractivity contribution in [3.63, 3.8) is 0 Å². The molecule has 1 fully saturated rings. The van der Waals surface area contributed by atoms with Gasteiger partial charge < -0.3 is 10.0 Å². The van der Waals surface area contributed by atoms with Crippen LogP contribution in [-0.4, -0.2) is 36.8 Å². The molecule has 0 heterocycles. The summed E-state index contributed by atoms with van der Waals surface area (Å²) in [5, 5.41) is 8.60. The van der Waals surface area contributed by atoms with Crippen LogP contribution in [0.4, 0.5) is 0 Å². The third-order valence-electron chi connectivity index (χ3n) is 1.78. The number of hydrogen-bond acceptors (Lipinski definition) is 2. The Kier molecular flexibility index (Phi) is 3.48. The lowest BCUT2D eigenvalue weighted by Gasteiger charge is -2.06. The summed E-state index contributed by atoms with van der Waals surface area (Å²) in [5.74, 6) is 0.574. The minimum Gasteiger partial charge on any atom is -0.396 e. The zero-order valence-corrected chi connectivity index (χ0v) is 6.69. The molecule has 1 aliphatic rings. The standard InChI is InChI=1S/C6H13NO.ClH/c1-7(2)6-3-5(6)4-8;/h5-6,8H,3-4H2,1-2H3;1H. The highest BCUT2D eigenvalue weighted by Crippen LogP contribution is 2.32. The molecule has 0 radical (unpaired) electrons. The van der Waals surface area contributed by atoms with Gasteiger partial charge in [-0.15, -0.1) is 12.4 Å². The Morgan fingerprint density at radius 2 is 2.11 bits per heavy atom. The summed E-state index contributed by atoms with van der Waals surface area (Å²) in [6, 6.07) is 0.667. The van der Waals surface area contributed by atoms with Gasteiger partial charge in [-0.05, 0) is 26.4 Å². The van der Waals surface area contributed by atoms with Crippen molar-refractivity contribution in [1.29, 1.82) is 0 Å². The molecule has 9 heavy (non-hydrogen) atoms. The molecule has 1 N–H and O–H groups in total. The van der Waals surface area contributed by atoms with Gasteiger partial charge >= 0.3 is 0 Å². The molecule has 0 aromatic rings. The van der Waals surface area contributed by atoms with Crippen molar-refractivity contribution >= 4 is 12.4 Å². The van der Waals surface area contributed by atoms with Gasteiger partial charge in [-0.1, -0.05) is 0 Å². The van der Waals surface area contributed by atoms with E-state index in [4.69, 9.17) is 5.11 Å². The highest BCUT2D eigenvalue weighted by Gasteiger charge is 2.37. The second kappa shape index (κ2) is 3.40. The van der Waals surface area contributed by atoms with E-state index in [1.807, 2.05) is 0 Å². The van der Waals surface area contributed by atoms with Crippen LogP contribution in [0, 0.1) is 5.92 Å². The van der Waals surface area contributed by atoms with Crippen LogP contribution in [-0.2, 0) is 0 Å². The summed E-state index contributed by atoms with van der Waals surface area (Å²) in [6.45, 7) is 0.364. The first-order valence-corrected chi connectivity index (χ1v) is 3.03. The van der Waals surface area contributed by atoms with E-state index in [1.54, 1.807) is 0 Å². The van der Waals surface area contributed by atoms with Crippen LogP contribution in [0.1, 0.15) is 6.42 Å². The minimum atomic E-state index is 0. The van der Waals surface area contributed by atoms with Gasteiger partial charge in [0.1, 0.15) is 0 Å². The molecule has 2 nitrogen and oxygen atoms in total. The lowest BCUT2D eigenvalue weighted by Crippen LogP contribution is -2.16. The summed E-state index contributed by atoms with van der Waals surface area (Å²) >= 11 is 0. The van der Waals surface area contributed by atoms with Gasteiger partial charge in [0.05, 0.1) is 0 Å². The van der Waals surface area contributed by atoms with E-state index in [1.165, 1.54) is 6.42 Å². The first-order chi connectivity index (χ1) is 3.75. The zero-order valence-electron chi connectivity index (χ0n) is 5.87. The monoisotopic (exact) mass is 151 g/mol. The van der Waals surface area contributed by atoms with Crippen LogP contribution in [0.3, 0.4) is 0 Å². The van der Waals surface area contributed by atoms with E-state index >= 15 is 0 Å². The lowest BCUT2D eigenvalue weighted by atomic mass is 10.4. The molecule has 1 aliphatic carbocycles. The third-order valence-corrected chi connectivity index (χ3v) is 1.78. The number of halogens is 1. The molecular weight excluding hydrogens is 138 g/mol. The van der Waals surface area contributed by atoms with Gasteiger partial charge in [-0.2, -0.15) is 0 Å². The summed E-state index contributed by atoms with van der Waals surface area (Å²) in [5.41, 5.74) is 0. The summed E-state index contributed by atoms with van der Waals surface area (Å²) in [4.78, 5) is 2.17. The smallest absolute Gasteiger partial charge is 0.0474 e. The van der Waals surface area contributed by atoms with Gasteiger partial charge in [0.2, 0.25) is 0 Å². The number of hydrogen-bond donors (Lipinski definition) is 1. The maximum atomic E-state index is 8.60. The van der Waals surface area contributed by atoms with Crippen molar-refractivity contribution in [2.75, 3.05) is 20.7 Å². The van der Waals surface area contributed by atoms with E-state index in [0.29, 0.717) is 18.6 Å². The molecule has 0 bridgehead atoms. The Morgan fingerprint density at radius 3 is 2.22 bits per heavy atom. The molecule has 0 amide bonds. The van der Waals surface area contributed by atoms with Crippen LogP contribution < -0.4 is 0 Å². The van der Waals surface area contributed by atoms with E-state index in [9.17, 15) is 0 Å². The van der Waals surface area contributed by atoms with Crippen LogP contribution in [0.15, 0.2) is 0 Å². The van der Waals surface area contributed by atoms with E-state index < -0.39 is 0 Å². The Bertz CT molecular complexity index is 87.1. The predicted octanol–water partition coefficient (Wildman–Crippen LogP) is 0.351. The van der Waals surface area contributed by atoms with Crippen LogP contribution in [0.5, 0.6) is 0 Å². The topological polar surface area (TPSA) is 23.5 Å².